The van der Waals surface area contributed by atoms with Gasteiger partial charge in [-0.1, -0.05) is 0 Å². The number of methoxy groups -OCH3 is 2. The lowest BCUT2D eigenvalue weighted by Gasteiger charge is -2.07. The summed E-state index contributed by atoms with van der Waals surface area (Å²) in [4.78, 5) is 50.7. The van der Waals surface area contributed by atoms with Crippen molar-refractivity contribution in [3.63, 3.8) is 0 Å². The Morgan fingerprint density at radius 1 is 1.06 bits per heavy atom. The molecule has 5 N–H and O–H groups in total. The first kappa shape index (κ1) is 23.7. The molecular formula is C21H20N6O7. The number of nitrogens with zero attached hydrogens (tertiary/aromatic N) is 3. The largest absolute Gasteiger partial charge is 0.510 e. The normalized spacial score (nSPS) is 11.9. The number of hydrogen-bond donors (Lipinski definition) is 4. The number of nitrogen functional groups attached to an aromatic ring is 1. The number of azo groups is 1. The zero-order valence-corrected chi connectivity index (χ0v) is 18.3. The molecule has 0 bridgehead atoms. The molecule has 13 nitrogen and oxygen atoms in total. The number of nitrogens with one attached hydrogen (secondary N) is 2. The number of rotatable bonds is 6. The highest BCUT2D eigenvalue weighted by atomic mass is 16.5. The number of amides is 1. The van der Waals surface area contributed by atoms with E-state index in [0.717, 1.165) is 4.68 Å². The lowest BCUT2D eigenvalue weighted by atomic mass is 10.1. The van der Waals surface area contributed by atoms with Gasteiger partial charge in [-0.2, -0.15) is 5.11 Å². The van der Waals surface area contributed by atoms with E-state index in [2.05, 4.69) is 30.0 Å². The number of ether oxygens (including phenoxy) is 2. The second-order valence-electron chi connectivity index (χ2n) is 6.87. The molecule has 0 spiro atoms. The molecular weight excluding hydrogens is 448 g/mol. The molecule has 0 saturated heterocycles. The van der Waals surface area contributed by atoms with Crippen LogP contribution in [-0.2, 0) is 14.3 Å². The van der Waals surface area contributed by atoms with E-state index in [9.17, 15) is 24.3 Å². The number of nitrogens with two attached hydrogens (primary N) is 1. The summed E-state index contributed by atoms with van der Waals surface area (Å²) in [6.07, 6.45) is 0. The van der Waals surface area contributed by atoms with Gasteiger partial charge in [0.15, 0.2) is 5.70 Å². The van der Waals surface area contributed by atoms with Gasteiger partial charge in [0, 0.05) is 5.69 Å². The Balaban J connectivity index is 1.91. The fraction of sp³-hybridized carbons (Fsp3) is 0.143. The highest BCUT2D eigenvalue weighted by molar-refractivity contribution is 6.04. The van der Waals surface area contributed by atoms with Gasteiger partial charge in [-0.25, -0.2) is 19.1 Å². The van der Waals surface area contributed by atoms with Crippen molar-refractivity contribution >= 4 is 40.3 Å². The Labute approximate surface area is 191 Å². The van der Waals surface area contributed by atoms with Crippen molar-refractivity contribution in [1.82, 2.24) is 9.66 Å². The first-order valence-corrected chi connectivity index (χ1v) is 9.59. The Morgan fingerprint density at radius 2 is 1.68 bits per heavy atom. The zero-order valence-electron chi connectivity index (χ0n) is 18.3. The van der Waals surface area contributed by atoms with Crippen molar-refractivity contribution < 1.29 is 29.0 Å². The Hall–Kier alpha value is -4.94. The van der Waals surface area contributed by atoms with Crippen molar-refractivity contribution in [2.75, 3.05) is 25.4 Å². The van der Waals surface area contributed by atoms with E-state index < -0.39 is 35.0 Å². The number of carbonyl (C=O) groups is 3. The molecule has 3 rings (SSSR count). The highest BCUT2D eigenvalue weighted by Crippen LogP contribution is 2.22. The number of benzene rings is 2. The smallest absolute Gasteiger partial charge is 0.344 e. The average molecular weight is 468 g/mol. The molecule has 0 fully saturated rings. The number of imidazole rings is 1. The lowest BCUT2D eigenvalue weighted by molar-refractivity contribution is -0.113. The Bertz CT molecular complexity index is 1380. The van der Waals surface area contributed by atoms with Crippen LogP contribution in [0.15, 0.2) is 62.9 Å². The van der Waals surface area contributed by atoms with Crippen LogP contribution in [0.3, 0.4) is 0 Å². The molecule has 1 heterocycles. The number of aromatic nitrogens is 2. The molecule has 0 atom stereocenters. The third kappa shape index (κ3) is 4.93. The van der Waals surface area contributed by atoms with Gasteiger partial charge in [-0.15, -0.1) is 5.11 Å². The number of aliphatic hydroxyl groups excluding tert-OH is 1. The fourth-order valence-electron chi connectivity index (χ4n) is 2.92. The number of fused-ring (bicyclic) bond motifs is 1. The molecule has 13 heteroatoms. The third-order valence-electron chi connectivity index (χ3n) is 4.56. The molecule has 0 unspecified atom stereocenters. The molecule has 0 aliphatic heterocycles. The number of anilines is 1. The predicted molar refractivity (Wildman–Crippen MR) is 120 cm³/mol. The number of carbonyl (C=O) groups excluding carboxylic acids is 3. The topological polar surface area (TPSA) is 190 Å². The summed E-state index contributed by atoms with van der Waals surface area (Å²) in [5.41, 5.74) is 0.130. The number of hydrogen-bond acceptors (Lipinski definition) is 10. The van der Waals surface area contributed by atoms with E-state index >= 15 is 0 Å². The minimum atomic E-state index is -0.818. The summed E-state index contributed by atoms with van der Waals surface area (Å²) in [6.45, 7) is 1.23. The van der Waals surface area contributed by atoms with E-state index in [1.165, 1.54) is 51.5 Å². The summed E-state index contributed by atoms with van der Waals surface area (Å²) >= 11 is 0. The average Bonchev–Trinajstić information content (AvgIpc) is 3.10. The van der Waals surface area contributed by atoms with E-state index in [1.807, 2.05) is 0 Å². The monoisotopic (exact) mass is 468 g/mol. The van der Waals surface area contributed by atoms with Crippen molar-refractivity contribution in [3.8, 4) is 0 Å². The summed E-state index contributed by atoms with van der Waals surface area (Å²) in [5.74, 6) is 2.93. The lowest BCUT2D eigenvalue weighted by Crippen LogP contribution is -2.23. The minimum absolute atomic E-state index is 0.00249. The van der Waals surface area contributed by atoms with Crippen molar-refractivity contribution in [2.45, 2.75) is 6.92 Å². The molecule has 1 amide bonds. The van der Waals surface area contributed by atoms with Crippen LogP contribution in [0.4, 0.5) is 11.4 Å². The van der Waals surface area contributed by atoms with Gasteiger partial charge in [0.1, 0.15) is 5.76 Å². The molecule has 0 aliphatic carbocycles. The molecule has 0 saturated carbocycles. The third-order valence-corrected chi connectivity index (χ3v) is 4.56. The SMILES string of the molecule is COC(=O)c1cc(N=NC(C(=O)Nc2ccc3[nH]c(=O)n(N)c3c2)=C(C)O)cc(C(=O)OC)c1. The van der Waals surface area contributed by atoms with E-state index in [4.69, 9.17) is 5.84 Å². The van der Waals surface area contributed by atoms with E-state index in [1.54, 1.807) is 6.07 Å². The number of aromatic amines is 1. The van der Waals surface area contributed by atoms with Crippen LogP contribution in [0.1, 0.15) is 27.6 Å². The van der Waals surface area contributed by atoms with Crippen LogP contribution >= 0.6 is 0 Å². The molecule has 0 radical (unpaired) electrons. The van der Waals surface area contributed by atoms with Crippen LogP contribution in [0, 0.1) is 0 Å². The van der Waals surface area contributed by atoms with Crippen LogP contribution in [0.5, 0.6) is 0 Å². The van der Waals surface area contributed by atoms with Gasteiger partial charge in [0.25, 0.3) is 5.91 Å². The van der Waals surface area contributed by atoms with Crippen LogP contribution in [-0.4, -0.2) is 46.8 Å². The molecule has 3 aromatic rings. The maximum absolute atomic E-state index is 12.7. The number of H-pyrrole nitrogens is 1. The first-order valence-electron chi connectivity index (χ1n) is 9.59. The van der Waals surface area contributed by atoms with E-state index in [0.29, 0.717) is 11.0 Å². The second kappa shape index (κ2) is 9.68. The fourth-order valence-corrected chi connectivity index (χ4v) is 2.92. The quantitative estimate of drug-likeness (QED) is 0.139. The summed E-state index contributed by atoms with van der Waals surface area (Å²) in [5, 5.41) is 20.1. The van der Waals surface area contributed by atoms with E-state index in [-0.39, 0.29) is 22.5 Å². The second-order valence-corrected chi connectivity index (χ2v) is 6.87. The first-order chi connectivity index (χ1) is 16.1. The number of esters is 2. The van der Waals surface area contributed by atoms with Gasteiger partial charge in [0.2, 0.25) is 0 Å². The molecule has 176 valence electrons. The van der Waals surface area contributed by atoms with Crippen molar-refractivity contribution in [3.05, 3.63) is 69.5 Å². The van der Waals surface area contributed by atoms with Crippen molar-refractivity contribution in [1.29, 1.82) is 0 Å². The minimum Gasteiger partial charge on any atom is -0.510 e. The van der Waals surface area contributed by atoms with Gasteiger partial charge >= 0.3 is 17.6 Å². The van der Waals surface area contributed by atoms with Crippen molar-refractivity contribution in [2.24, 2.45) is 10.2 Å². The predicted octanol–water partition coefficient (Wildman–Crippen LogP) is 2.13. The van der Waals surface area contributed by atoms with Gasteiger partial charge in [-0.05, 0) is 43.3 Å². The standard InChI is InChI=1S/C21H20N6O7/c1-10(28)17(18(29)23-13-4-5-15-16(9-13)27(22)21(32)24-15)26-25-14-7-11(19(30)33-2)6-12(8-14)20(31)34-3/h4-9,28H,22H2,1-3H3,(H,23,29)(H,24,32). The van der Waals surface area contributed by atoms with Gasteiger partial charge in [0.05, 0.1) is 42.1 Å². The Morgan fingerprint density at radius 3 is 2.24 bits per heavy atom. The molecule has 0 aliphatic rings. The summed E-state index contributed by atoms with van der Waals surface area (Å²) in [6, 6.07) is 8.33. The van der Waals surface area contributed by atoms with Crippen LogP contribution in [0.2, 0.25) is 0 Å². The molecule has 1 aromatic heterocycles. The van der Waals surface area contributed by atoms with Crippen LogP contribution < -0.4 is 16.8 Å². The molecule has 34 heavy (non-hydrogen) atoms. The highest BCUT2D eigenvalue weighted by Gasteiger charge is 2.17. The Kier molecular flexibility index (Phi) is 6.76. The zero-order chi connectivity index (χ0) is 25.0. The maximum Gasteiger partial charge on any atom is 0.344 e. The maximum atomic E-state index is 12.7. The summed E-state index contributed by atoms with van der Waals surface area (Å²) in [7, 11) is 2.34. The van der Waals surface area contributed by atoms with Gasteiger partial charge in [-0.3, -0.25) is 4.79 Å². The summed E-state index contributed by atoms with van der Waals surface area (Å²) < 4.78 is 10.2. The molecule has 2 aromatic carbocycles. The number of allylic oxidation sites excluding steroid dienone is 1. The van der Waals surface area contributed by atoms with Crippen LogP contribution in [0.25, 0.3) is 11.0 Å². The van der Waals surface area contributed by atoms with Gasteiger partial charge < -0.3 is 30.7 Å². The number of aliphatic hydroxyl groups is 1.